The van der Waals surface area contributed by atoms with E-state index in [0.29, 0.717) is 23.1 Å². The number of carbonyl (C=O) groups is 2. The van der Waals surface area contributed by atoms with Crippen molar-refractivity contribution in [1.29, 1.82) is 0 Å². The fraction of sp³-hybridized carbons (Fsp3) is 0.182. The molecule has 1 aliphatic carbocycles. The van der Waals surface area contributed by atoms with Crippen LogP contribution in [0.5, 0.6) is 0 Å². The largest absolute Gasteiger partial charge is 0.366 e. The summed E-state index contributed by atoms with van der Waals surface area (Å²) in [6, 6.07) is 8.29. The van der Waals surface area contributed by atoms with Crippen LogP contribution in [0.3, 0.4) is 0 Å². The van der Waals surface area contributed by atoms with Crippen molar-refractivity contribution in [1.82, 2.24) is 0 Å². The van der Waals surface area contributed by atoms with Gasteiger partial charge in [-0.1, -0.05) is 30.4 Å². The van der Waals surface area contributed by atoms with Gasteiger partial charge in [0.1, 0.15) is 0 Å². The third-order valence-electron chi connectivity index (χ3n) is 5.17. The molecule has 0 heterocycles. The Morgan fingerprint density at radius 1 is 1.19 bits per heavy atom. The average Bonchev–Trinajstić information content (AvgIpc) is 2.95. The standard InChI is InChI=1S/C22H21FN2O2/c1-5-19(26)25(4)18-8-6-7-15(21(18)23)14-9-10-16(22(24)27)17-11-12(2)13(3)20(14)17/h5-10H,1,11H2,2-4H3,(H2,24,27). The number of nitrogens with zero attached hydrogens (tertiary/aromatic N) is 1. The number of hydrogen-bond acceptors (Lipinski definition) is 2. The SMILES string of the molecule is C=CC(=O)N(C)c1cccc(-c2ccc(C(N)=O)c3c2C(C)=C(C)C3)c1F. The van der Waals surface area contributed by atoms with Gasteiger partial charge < -0.3 is 10.6 Å². The molecule has 1 aliphatic rings. The highest BCUT2D eigenvalue weighted by atomic mass is 19.1. The molecule has 27 heavy (non-hydrogen) atoms. The lowest BCUT2D eigenvalue weighted by Gasteiger charge is -2.19. The van der Waals surface area contributed by atoms with Crippen LogP contribution in [0.1, 0.15) is 35.3 Å². The molecule has 0 spiro atoms. The molecule has 0 saturated heterocycles. The number of amides is 2. The smallest absolute Gasteiger partial charge is 0.250 e. The van der Waals surface area contributed by atoms with Crippen molar-refractivity contribution in [3.63, 3.8) is 0 Å². The van der Waals surface area contributed by atoms with Crippen molar-refractivity contribution in [2.24, 2.45) is 5.73 Å². The van der Waals surface area contributed by atoms with Gasteiger partial charge in [0.05, 0.1) is 5.69 Å². The molecular formula is C22H21FN2O2. The zero-order valence-corrected chi connectivity index (χ0v) is 15.6. The summed E-state index contributed by atoms with van der Waals surface area (Å²) in [4.78, 5) is 24.9. The highest BCUT2D eigenvalue weighted by Gasteiger charge is 2.26. The van der Waals surface area contributed by atoms with Gasteiger partial charge in [0.15, 0.2) is 5.82 Å². The third-order valence-corrected chi connectivity index (χ3v) is 5.17. The quantitative estimate of drug-likeness (QED) is 0.831. The molecule has 5 heteroatoms. The van der Waals surface area contributed by atoms with E-state index < -0.39 is 17.6 Å². The van der Waals surface area contributed by atoms with Crippen LogP contribution in [0.4, 0.5) is 10.1 Å². The Hall–Kier alpha value is -3.21. The van der Waals surface area contributed by atoms with Crippen LogP contribution in [0.2, 0.25) is 0 Å². The molecule has 3 rings (SSSR count). The number of benzene rings is 2. The summed E-state index contributed by atoms with van der Waals surface area (Å²) < 4.78 is 15.3. The van der Waals surface area contributed by atoms with E-state index in [1.54, 1.807) is 30.3 Å². The number of nitrogens with two attached hydrogens (primary N) is 1. The molecule has 2 aromatic rings. The number of carbonyl (C=O) groups excluding carboxylic acids is 2. The number of likely N-dealkylation sites (N-methyl/N-ethyl adjacent to an activating group) is 1. The normalized spacial score (nSPS) is 12.7. The van der Waals surface area contributed by atoms with Crippen molar-refractivity contribution in [3.8, 4) is 11.1 Å². The minimum absolute atomic E-state index is 0.168. The first-order valence-electron chi connectivity index (χ1n) is 8.59. The molecule has 0 bridgehead atoms. The molecule has 0 unspecified atom stereocenters. The van der Waals surface area contributed by atoms with Crippen molar-refractivity contribution in [2.45, 2.75) is 20.3 Å². The number of halogens is 1. The van der Waals surface area contributed by atoms with Crippen LogP contribution in [0.25, 0.3) is 16.7 Å². The van der Waals surface area contributed by atoms with Crippen LogP contribution < -0.4 is 10.6 Å². The summed E-state index contributed by atoms with van der Waals surface area (Å²) in [5.41, 5.74) is 11.0. The van der Waals surface area contributed by atoms with E-state index in [1.165, 1.54) is 11.9 Å². The van der Waals surface area contributed by atoms with Gasteiger partial charge in [-0.3, -0.25) is 9.59 Å². The van der Waals surface area contributed by atoms with Crippen LogP contribution in [-0.4, -0.2) is 18.9 Å². The van der Waals surface area contributed by atoms with Gasteiger partial charge in [0, 0.05) is 18.2 Å². The molecule has 0 aliphatic heterocycles. The van der Waals surface area contributed by atoms with E-state index in [-0.39, 0.29) is 5.69 Å². The van der Waals surface area contributed by atoms with E-state index in [2.05, 4.69) is 6.58 Å². The Bertz CT molecular complexity index is 1020. The third kappa shape index (κ3) is 2.95. The zero-order valence-electron chi connectivity index (χ0n) is 15.6. The first-order chi connectivity index (χ1) is 12.8. The molecule has 0 radical (unpaired) electrons. The van der Waals surface area contributed by atoms with Crippen molar-refractivity contribution < 1.29 is 14.0 Å². The molecule has 0 atom stereocenters. The molecule has 4 nitrogen and oxygen atoms in total. The molecule has 138 valence electrons. The predicted molar refractivity (Wildman–Crippen MR) is 106 cm³/mol. The molecular weight excluding hydrogens is 343 g/mol. The monoisotopic (exact) mass is 364 g/mol. The topological polar surface area (TPSA) is 63.4 Å². The van der Waals surface area contributed by atoms with E-state index in [4.69, 9.17) is 5.73 Å². The highest BCUT2D eigenvalue weighted by molar-refractivity contribution is 6.02. The van der Waals surface area contributed by atoms with Crippen LogP contribution >= 0.6 is 0 Å². The fourth-order valence-electron chi connectivity index (χ4n) is 3.57. The number of anilines is 1. The number of primary amides is 1. The highest BCUT2D eigenvalue weighted by Crippen LogP contribution is 2.42. The number of rotatable bonds is 4. The Labute approximate surface area is 157 Å². The maximum Gasteiger partial charge on any atom is 0.250 e. The maximum atomic E-state index is 15.3. The molecule has 0 aromatic heterocycles. The Kier molecular flexibility index (Phi) is 4.70. The van der Waals surface area contributed by atoms with Crippen LogP contribution in [0, 0.1) is 5.82 Å². The van der Waals surface area contributed by atoms with Gasteiger partial charge in [-0.15, -0.1) is 0 Å². The molecule has 2 N–H and O–H groups in total. The van der Waals surface area contributed by atoms with Gasteiger partial charge in [-0.2, -0.15) is 0 Å². The average molecular weight is 364 g/mol. The molecule has 0 fully saturated rings. The van der Waals surface area contributed by atoms with Gasteiger partial charge >= 0.3 is 0 Å². The second-order valence-electron chi connectivity index (χ2n) is 6.70. The van der Waals surface area contributed by atoms with Crippen molar-refractivity contribution in [2.75, 3.05) is 11.9 Å². The lowest BCUT2D eigenvalue weighted by atomic mass is 9.90. The number of fused-ring (bicyclic) bond motifs is 1. The number of allylic oxidation sites excluding steroid dienone is 2. The lowest BCUT2D eigenvalue weighted by Crippen LogP contribution is -2.24. The Morgan fingerprint density at radius 2 is 1.89 bits per heavy atom. The molecule has 2 aromatic carbocycles. The minimum Gasteiger partial charge on any atom is -0.366 e. The van der Waals surface area contributed by atoms with E-state index in [0.717, 1.165) is 28.3 Å². The Morgan fingerprint density at radius 3 is 2.52 bits per heavy atom. The minimum atomic E-state index is -0.499. The van der Waals surface area contributed by atoms with Crippen molar-refractivity contribution >= 4 is 23.1 Å². The van der Waals surface area contributed by atoms with Gasteiger partial charge in [0.2, 0.25) is 11.8 Å². The first kappa shape index (κ1) is 18.6. The molecule has 0 saturated carbocycles. The fourth-order valence-corrected chi connectivity index (χ4v) is 3.57. The van der Waals surface area contributed by atoms with Gasteiger partial charge in [-0.05, 0) is 60.7 Å². The van der Waals surface area contributed by atoms with Crippen molar-refractivity contribution in [3.05, 3.63) is 71.1 Å². The van der Waals surface area contributed by atoms with Gasteiger partial charge in [-0.25, -0.2) is 4.39 Å². The zero-order chi connectivity index (χ0) is 19.9. The Balaban J connectivity index is 2.25. The number of hydrogen-bond donors (Lipinski definition) is 1. The molecule has 2 amide bonds. The van der Waals surface area contributed by atoms with E-state index in [9.17, 15) is 9.59 Å². The summed E-state index contributed by atoms with van der Waals surface area (Å²) in [7, 11) is 1.50. The van der Waals surface area contributed by atoms with E-state index in [1.807, 2.05) is 13.8 Å². The maximum absolute atomic E-state index is 15.3. The summed E-state index contributed by atoms with van der Waals surface area (Å²) in [6.07, 6.45) is 1.76. The summed E-state index contributed by atoms with van der Waals surface area (Å²) in [6.45, 7) is 7.40. The lowest BCUT2D eigenvalue weighted by molar-refractivity contribution is -0.113. The van der Waals surface area contributed by atoms with Gasteiger partial charge in [0.25, 0.3) is 0 Å². The van der Waals surface area contributed by atoms with Crippen LogP contribution in [0.15, 0.2) is 48.6 Å². The predicted octanol–water partition coefficient (Wildman–Crippen LogP) is 4.09. The van der Waals surface area contributed by atoms with Crippen LogP contribution in [-0.2, 0) is 11.2 Å². The summed E-state index contributed by atoms with van der Waals surface area (Å²) >= 11 is 0. The summed E-state index contributed by atoms with van der Waals surface area (Å²) in [5.74, 6) is -1.39. The second kappa shape index (κ2) is 6.83. The summed E-state index contributed by atoms with van der Waals surface area (Å²) in [5, 5.41) is 0. The second-order valence-corrected chi connectivity index (χ2v) is 6.70. The van der Waals surface area contributed by atoms with E-state index >= 15 is 4.39 Å². The first-order valence-corrected chi connectivity index (χ1v) is 8.59.